The van der Waals surface area contributed by atoms with Gasteiger partial charge in [-0.25, -0.2) is 18.4 Å². The molecule has 0 aliphatic carbocycles. The number of nitro benzene ring substituents is 1. The number of nitrogens with one attached hydrogen (secondary N) is 2. The number of halogens is 1. The summed E-state index contributed by atoms with van der Waals surface area (Å²) in [5.41, 5.74) is 2.19. The first-order valence-electron chi connectivity index (χ1n) is 9.53. The van der Waals surface area contributed by atoms with E-state index in [0.717, 1.165) is 17.3 Å². The highest BCUT2D eigenvalue weighted by molar-refractivity contribution is 7.92. The number of sulfonamides is 1. The maximum Gasteiger partial charge on any atom is 0.289 e. The van der Waals surface area contributed by atoms with E-state index >= 15 is 0 Å². The summed E-state index contributed by atoms with van der Waals surface area (Å²) in [5, 5.41) is 14.0. The SMILES string of the molecule is O=[N+]([O-])c1cc(S(=O)(=O)Nc2ccc(Nc3cc(-c4ccccc4)ncn3)cc2)ccc1Cl. The number of hydrogen-bond acceptors (Lipinski definition) is 7. The van der Waals surface area contributed by atoms with Crippen LogP contribution in [0.5, 0.6) is 0 Å². The van der Waals surface area contributed by atoms with Gasteiger partial charge in [-0.05, 0) is 36.4 Å². The van der Waals surface area contributed by atoms with Crippen molar-refractivity contribution < 1.29 is 13.3 Å². The highest BCUT2D eigenvalue weighted by Crippen LogP contribution is 2.28. The van der Waals surface area contributed by atoms with Crippen molar-refractivity contribution in [2.75, 3.05) is 10.0 Å². The van der Waals surface area contributed by atoms with Crippen LogP contribution in [0.4, 0.5) is 22.9 Å². The summed E-state index contributed by atoms with van der Waals surface area (Å²) in [5.74, 6) is 0.575. The van der Waals surface area contributed by atoms with Crippen LogP contribution in [0.25, 0.3) is 11.3 Å². The van der Waals surface area contributed by atoms with Crippen LogP contribution in [0.3, 0.4) is 0 Å². The van der Waals surface area contributed by atoms with E-state index in [1.54, 1.807) is 30.3 Å². The number of aromatic nitrogens is 2. The molecule has 1 aromatic heterocycles. The van der Waals surface area contributed by atoms with Crippen LogP contribution >= 0.6 is 11.6 Å². The van der Waals surface area contributed by atoms with Crippen molar-refractivity contribution in [3.8, 4) is 11.3 Å². The second kappa shape index (κ2) is 9.23. The zero-order valence-corrected chi connectivity index (χ0v) is 18.4. The Hall–Kier alpha value is -4.02. The van der Waals surface area contributed by atoms with Gasteiger partial charge in [0, 0.05) is 29.1 Å². The van der Waals surface area contributed by atoms with Crippen molar-refractivity contribution in [1.82, 2.24) is 9.97 Å². The zero-order chi connectivity index (χ0) is 23.4. The molecule has 0 unspecified atom stereocenters. The molecule has 166 valence electrons. The molecule has 1 heterocycles. The Morgan fingerprint density at radius 3 is 2.27 bits per heavy atom. The molecule has 4 aromatic rings. The number of nitrogens with zero attached hydrogens (tertiary/aromatic N) is 3. The number of nitro groups is 1. The summed E-state index contributed by atoms with van der Waals surface area (Å²) in [6.45, 7) is 0. The Kier molecular flexibility index (Phi) is 6.20. The zero-order valence-electron chi connectivity index (χ0n) is 16.8. The Bertz CT molecular complexity index is 1410. The quantitative estimate of drug-likeness (QED) is 0.272. The van der Waals surface area contributed by atoms with Crippen LogP contribution in [0.15, 0.2) is 90.1 Å². The molecule has 2 N–H and O–H groups in total. The van der Waals surface area contributed by atoms with Gasteiger partial charge in [-0.15, -0.1) is 0 Å². The summed E-state index contributed by atoms with van der Waals surface area (Å²) in [6.07, 6.45) is 1.46. The van der Waals surface area contributed by atoms with E-state index in [1.165, 1.54) is 18.5 Å². The molecular weight excluding hydrogens is 466 g/mol. The third kappa shape index (κ3) is 5.25. The summed E-state index contributed by atoms with van der Waals surface area (Å²) in [6, 6.07) is 21.2. The first kappa shape index (κ1) is 22.2. The average Bonchev–Trinajstić information content (AvgIpc) is 2.81. The van der Waals surface area contributed by atoms with Gasteiger partial charge in [0.05, 0.1) is 15.5 Å². The van der Waals surface area contributed by atoms with Crippen LogP contribution < -0.4 is 10.0 Å². The van der Waals surface area contributed by atoms with Gasteiger partial charge in [0.25, 0.3) is 15.7 Å². The van der Waals surface area contributed by atoms with Gasteiger partial charge in [0.15, 0.2) is 0 Å². The molecule has 9 nitrogen and oxygen atoms in total. The summed E-state index contributed by atoms with van der Waals surface area (Å²) < 4.78 is 27.6. The average molecular weight is 482 g/mol. The molecule has 11 heteroatoms. The highest BCUT2D eigenvalue weighted by atomic mass is 35.5. The van der Waals surface area contributed by atoms with Crippen molar-refractivity contribution in [2.24, 2.45) is 0 Å². The standard InChI is InChI=1S/C22H16ClN5O4S/c23-19-11-10-18(12-21(19)28(29)30)33(31,32)27-17-8-6-16(7-9-17)26-22-13-20(24-14-25-22)15-4-2-1-3-5-15/h1-14,27H,(H,24,25,26). The maximum atomic E-state index is 12.6. The van der Waals surface area contributed by atoms with E-state index in [-0.39, 0.29) is 15.6 Å². The molecule has 0 spiro atoms. The minimum Gasteiger partial charge on any atom is -0.340 e. The van der Waals surface area contributed by atoms with Gasteiger partial charge in [0.2, 0.25) is 0 Å². The predicted octanol–water partition coefficient (Wildman–Crippen LogP) is 5.25. The van der Waals surface area contributed by atoms with Gasteiger partial charge in [-0.2, -0.15) is 0 Å². The van der Waals surface area contributed by atoms with Crippen LogP contribution in [0.2, 0.25) is 5.02 Å². The monoisotopic (exact) mass is 481 g/mol. The molecule has 0 aliphatic heterocycles. The minimum atomic E-state index is -4.05. The Labute approximate surface area is 194 Å². The van der Waals surface area contributed by atoms with Gasteiger partial charge < -0.3 is 5.32 Å². The smallest absolute Gasteiger partial charge is 0.289 e. The Balaban J connectivity index is 1.49. The second-order valence-corrected chi connectivity index (χ2v) is 8.92. The molecule has 0 saturated heterocycles. The fraction of sp³-hybridized carbons (Fsp3) is 0. The van der Waals surface area contributed by atoms with E-state index in [9.17, 15) is 18.5 Å². The normalized spacial score (nSPS) is 11.1. The van der Waals surface area contributed by atoms with Crippen LogP contribution in [-0.2, 0) is 10.0 Å². The van der Waals surface area contributed by atoms with Gasteiger partial charge in [0.1, 0.15) is 17.2 Å². The Morgan fingerprint density at radius 1 is 0.879 bits per heavy atom. The van der Waals surface area contributed by atoms with Crippen LogP contribution in [0.1, 0.15) is 0 Å². The molecular formula is C22H16ClN5O4S. The third-order valence-corrected chi connectivity index (χ3v) is 6.27. The lowest BCUT2D eigenvalue weighted by atomic mass is 10.1. The molecule has 0 aliphatic rings. The van der Waals surface area contributed by atoms with E-state index in [0.29, 0.717) is 11.5 Å². The molecule has 0 radical (unpaired) electrons. The number of rotatable bonds is 7. The van der Waals surface area contributed by atoms with E-state index in [4.69, 9.17) is 11.6 Å². The number of anilines is 3. The minimum absolute atomic E-state index is 0.144. The number of benzene rings is 3. The lowest BCUT2D eigenvalue weighted by molar-refractivity contribution is -0.384. The van der Waals surface area contributed by atoms with Crippen molar-refractivity contribution in [3.63, 3.8) is 0 Å². The van der Waals surface area contributed by atoms with Crippen molar-refractivity contribution in [2.45, 2.75) is 4.90 Å². The summed E-state index contributed by atoms with van der Waals surface area (Å²) in [7, 11) is -4.05. The molecule has 0 atom stereocenters. The van der Waals surface area contributed by atoms with Crippen molar-refractivity contribution in [3.05, 3.63) is 100 Å². The first-order valence-corrected chi connectivity index (χ1v) is 11.4. The second-order valence-electron chi connectivity index (χ2n) is 6.83. The summed E-state index contributed by atoms with van der Waals surface area (Å²) >= 11 is 5.76. The van der Waals surface area contributed by atoms with Crippen LogP contribution in [0, 0.1) is 10.1 Å². The van der Waals surface area contributed by atoms with Crippen molar-refractivity contribution in [1.29, 1.82) is 0 Å². The topological polar surface area (TPSA) is 127 Å². The van der Waals surface area contributed by atoms with E-state index in [1.807, 2.05) is 30.3 Å². The third-order valence-electron chi connectivity index (χ3n) is 4.57. The predicted molar refractivity (Wildman–Crippen MR) is 126 cm³/mol. The molecule has 3 aromatic carbocycles. The van der Waals surface area contributed by atoms with E-state index in [2.05, 4.69) is 20.0 Å². The number of hydrogen-bond donors (Lipinski definition) is 2. The van der Waals surface area contributed by atoms with Crippen molar-refractivity contribution >= 4 is 44.5 Å². The molecule has 4 rings (SSSR count). The maximum absolute atomic E-state index is 12.6. The Morgan fingerprint density at radius 2 is 1.58 bits per heavy atom. The van der Waals surface area contributed by atoms with Gasteiger partial charge in [-0.1, -0.05) is 41.9 Å². The molecule has 33 heavy (non-hydrogen) atoms. The van der Waals surface area contributed by atoms with Gasteiger partial charge >= 0.3 is 0 Å². The molecule has 0 saturated carbocycles. The largest absolute Gasteiger partial charge is 0.340 e. The highest BCUT2D eigenvalue weighted by Gasteiger charge is 2.20. The van der Waals surface area contributed by atoms with Gasteiger partial charge in [-0.3, -0.25) is 14.8 Å². The molecule has 0 bridgehead atoms. The van der Waals surface area contributed by atoms with E-state index < -0.39 is 20.6 Å². The lowest BCUT2D eigenvalue weighted by Crippen LogP contribution is -2.13. The lowest BCUT2D eigenvalue weighted by Gasteiger charge is -2.10. The summed E-state index contributed by atoms with van der Waals surface area (Å²) in [4.78, 5) is 18.5. The first-order chi connectivity index (χ1) is 15.8. The van der Waals surface area contributed by atoms with Crippen LogP contribution in [-0.4, -0.2) is 23.3 Å². The molecule has 0 fully saturated rings. The fourth-order valence-electron chi connectivity index (χ4n) is 2.98. The fourth-order valence-corrected chi connectivity index (χ4v) is 4.24. The molecule has 0 amide bonds.